The minimum absolute atomic E-state index is 0.123. The molecule has 0 aliphatic rings. The summed E-state index contributed by atoms with van der Waals surface area (Å²) in [5.41, 5.74) is 2.24. The third-order valence-corrected chi connectivity index (χ3v) is 5.37. The summed E-state index contributed by atoms with van der Waals surface area (Å²) in [5.74, 6) is -0.130. The molecule has 2 aromatic carbocycles. The van der Waals surface area contributed by atoms with Gasteiger partial charge in [-0.3, -0.25) is 14.9 Å². The van der Waals surface area contributed by atoms with Crippen molar-refractivity contribution in [1.82, 2.24) is 10.2 Å². The fraction of sp³-hybridized carbons (Fsp3) is 0.111. The van der Waals surface area contributed by atoms with Gasteiger partial charge >= 0.3 is 0 Å². The maximum absolute atomic E-state index is 12.3. The molecule has 0 aliphatic heterocycles. The molecule has 2 N–H and O–H groups in total. The number of hydrogen-bond acceptors (Lipinski definition) is 6. The van der Waals surface area contributed by atoms with Crippen molar-refractivity contribution < 1.29 is 9.59 Å². The summed E-state index contributed by atoms with van der Waals surface area (Å²) in [6, 6.07) is 16.6. The minimum atomic E-state index is -0.224. The highest BCUT2D eigenvalue weighted by atomic mass is 32.2. The van der Waals surface area contributed by atoms with Crippen LogP contribution in [0.3, 0.4) is 0 Å². The number of aromatic nitrogens is 2. The van der Waals surface area contributed by atoms with E-state index in [4.69, 9.17) is 0 Å². The van der Waals surface area contributed by atoms with Gasteiger partial charge in [-0.15, -0.1) is 10.2 Å². The van der Waals surface area contributed by atoms with Crippen LogP contribution in [0.1, 0.15) is 15.9 Å². The fourth-order valence-corrected chi connectivity index (χ4v) is 3.70. The Bertz CT molecular complexity index is 912. The molecule has 0 aliphatic carbocycles. The normalized spacial score (nSPS) is 10.3. The highest BCUT2D eigenvalue weighted by Gasteiger charge is 2.13. The van der Waals surface area contributed by atoms with Gasteiger partial charge in [-0.05, 0) is 30.7 Å². The summed E-state index contributed by atoms with van der Waals surface area (Å²) in [7, 11) is 0. The monoisotopic (exact) mass is 384 g/mol. The van der Waals surface area contributed by atoms with Crippen LogP contribution in [0.15, 0.2) is 58.9 Å². The average Bonchev–Trinajstić information content (AvgIpc) is 3.08. The number of para-hydroxylation sites is 1. The lowest BCUT2D eigenvalue weighted by Crippen LogP contribution is -2.13. The maximum atomic E-state index is 12.3. The molecule has 0 saturated carbocycles. The second kappa shape index (κ2) is 8.59. The summed E-state index contributed by atoms with van der Waals surface area (Å²) >= 11 is 2.52. The van der Waals surface area contributed by atoms with Crippen LogP contribution in [0.2, 0.25) is 0 Å². The van der Waals surface area contributed by atoms with Crippen molar-refractivity contribution in [3.05, 3.63) is 65.7 Å². The van der Waals surface area contributed by atoms with Gasteiger partial charge in [0.2, 0.25) is 11.0 Å². The Hall–Kier alpha value is -2.71. The van der Waals surface area contributed by atoms with Gasteiger partial charge in [-0.1, -0.05) is 59.5 Å². The average molecular weight is 384 g/mol. The van der Waals surface area contributed by atoms with Crippen molar-refractivity contribution in [2.24, 2.45) is 0 Å². The van der Waals surface area contributed by atoms with E-state index in [2.05, 4.69) is 20.8 Å². The molecule has 2 amide bonds. The highest BCUT2D eigenvalue weighted by Crippen LogP contribution is 2.26. The van der Waals surface area contributed by atoms with Crippen LogP contribution in [0.4, 0.5) is 10.8 Å². The second-order valence-electron chi connectivity index (χ2n) is 5.35. The zero-order valence-corrected chi connectivity index (χ0v) is 15.6. The molecule has 0 fully saturated rings. The quantitative estimate of drug-likeness (QED) is 0.498. The SMILES string of the molecule is Cc1ccccc1C(=O)Nc1nnc(SCC(=O)Nc2ccccc2)s1. The standard InChI is InChI=1S/C18H16N4O2S2/c1-12-7-5-6-10-14(12)16(24)20-17-21-22-18(26-17)25-11-15(23)19-13-8-3-2-4-9-13/h2-10H,11H2,1H3,(H,19,23)(H,20,21,24). The van der Waals surface area contributed by atoms with E-state index in [1.165, 1.54) is 23.1 Å². The Morgan fingerprint density at radius 2 is 1.73 bits per heavy atom. The van der Waals surface area contributed by atoms with E-state index in [9.17, 15) is 9.59 Å². The first-order valence-electron chi connectivity index (χ1n) is 7.80. The van der Waals surface area contributed by atoms with E-state index in [0.717, 1.165) is 11.3 Å². The summed E-state index contributed by atoms with van der Waals surface area (Å²) in [5, 5.41) is 13.9. The molecule has 0 unspecified atom stereocenters. The number of carbonyl (C=O) groups excluding carboxylic acids is 2. The van der Waals surface area contributed by atoms with Gasteiger partial charge in [0.15, 0.2) is 4.34 Å². The third kappa shape index (κ3) is 4.90. The Labute approximate surface area is 159 Å². The zero-order chi connectivity index (χ0) is 18.4. The minimum Gasteiger partial charge on any atom is -0.325 e. The van der Waals surface area contributed by atoms with Crippen molar-refractivity contribution in [2.45, 2.75) is 11.3 Å². The van der Waals surface area contributed by atoms with E-state index in [-0.39, 0.29) is 17.6 Å². The van der Waals surface area contributed by atoms with Gasteiger partial charge in [0.05, 0.1) is 5.75 Å². The lowest BCUT2D eigenvalue weighted by Gasteiger charge is -2.04. The van der Waals surface area contributed by atoms with Crippen molar-refractivity contribution in [3.63, 3.8) is 0 Å². The Morgan fingerprint density at radius 1 is 1.00 bits per heavy atom. The molecule has 3 aromatic rings. The number of rotatable bonds is 6. The largest absolute Gasteiger partial charge is 0.325 e. The van der Waals surface area contributed by atoms with Crippen LogP contribution in [0, 0.1) is 6.92 Å². The summed E-state index contributed by atoms with van der Waals surface area (Å²) in [4.78, 5) is 24.2. The lowest BCUT2D eigenvalue weighted by atomic mass is 10.1. The van der Waals surface area contributed by atoms with Gasteiger partial charge in [0.25, 0.3) is 5.91 Å². The molecule has 132 valence electrons. The number of aryl methyl sites for hydroxylation is 1. The smallest absolute Gasteiger partial charge is 0.257 e. The van der Waals surface area contributed by atoms with Gasteiger partial charge in [0, 0.05) is 11.3 Å². The summed E-state index contributed by atoms with van der Waals surface area (Å²) < 4.78 is 0.619. The molecule has 1 heterocycles. The Kier molecular flexibility index (Phi) is 5.98. The fourth-order valence-electron chi connectivity index (χ4n) is 2.16. The number of anilines is 2. The zero-order valence-electron chi connectivity index (χ0n) is 13.9. The molecule has 0 atom stereocenters. The van der Waals surface area contributed by atoms with Crippen LogP contribution in [-0.2, 0) is 4.79 Å². The Morgan fingerprint density at radius 3 is 2.50 bits per heavy atom. The van der Waals surface area contributed by atoms with E-state index >= 15 is 0 Å². The molecular weight excluding hydrogens is 368 g/mol. The van der Waals surface area contributed by atoms with E-state index < -0.39 is 0 Å². The number of thioether (sulfide) groups is 1. The maximum Gasteiger partial charge on any atom is 0.257 e. The molecule has 3 rings (SSSR count). The third-order valence-electron chi connectivity index (χ3n) is 3.40. The van der Waals surface area contributed by atoms with Crippen LogP contribution < -0.4 is 10.6 Å². The number of benzene rings is 2. The van der Waals surface area contributed by atoms with Crippen molar-refractivity contribution in [3.8, 4) is 0 Å². The van der Waals surface area contributed by atoms with Crippen LogP contribution in [0.5, 0.6) is 0 Å². The molecule has 6 nitrogen and oxygen atoms in total. The second-order valence-corrected chi connectivity index (χ2v) is 7.55. The first-order valence-corrected chi connectivity index (χ1v) is 9.60. The molecule has 0 bridgehead atoms. The van der Waals surface area contributed by atoms with Crippen LogP contribution in [0.25, 0.3) is 0 Å². The molecule has 26 heavy (non-hydrogen) atoms. The number of carbonyl (C=O) groups is 2. The summed E-state index contributed by atoms with van der Waals surface area (Å²) in [6.07, 6.45) is 0. The molecule has 1 aromatic heterocycles. The van der Waals surface area contributed by atoms with Crippen LogP contribution >= 0.6 is 23.1 Å². The molecule has 0 radical (unpaired) electrons. The molecule has 0 saturated heterocycles. The predicted octanol–water partition coefficient (Wildman–Crippen LogP) is 3.83. The van der Waals surface area contributed by atoms with Crippen molar-refractivity contribution >= 4 is 45.7 Å². The highest BCUT2D eigenvalue weighted by molar-refractivity contribution is 8.01. The van der Waals surface area contributed by atoms with E-state index in [1.54, 1.807) is 6.07 Å². The summed E-state index contributed by atoms with van der Waals surface area (Å²) in [6.45, 7) is 1.88. The predicted molar refractivity (Wildman–Crippen MR) is 105 cm³/mol. The first-order chi connectivity index (χ1) is 12.6. The van der Waals surface area contributed by atoms with Gasteiger partial charge in [0.1, 0.15) is 0 Å². The molecule has 8 heteroatoms. The van der Waals surface area contributed by atoms with E-state index in [1.807, 2.05) is 55.5 Å². The van der Waals surface area contributed by atoms with Gasteiger partial charge < -0.3 is 5.32 Å². The van der Waals surface area contributed by atoms with Gasteiger partial charge in [-0.25, -0.2) is 0 Å². The first kappa shape index (κ1) is 18.1. The number of nitrogens with one attached hydrogen (secondary N) is 2. The number of hydrogen-bond donors (Lipinski definition) is 2. The Balaban J connectivity index is 1.52. The van der Waals surface area contributed by atoms with Crippen molar-refractivity contribution in [2.75, 3.05) is 16.4 Å². The molecular formula is C18H16N4O2S2. The van der Waals surface area contributed by atoms with Crippen molar-refractivity contribution in [1.29, 1.82) is 0 Å². The topological polar surface area (TPSA) is 84.0 Å². The van der Waals surface area contributed by atoms with Gasteiger partial charge in [-0.2, -0.15) is 0 Å². The van der Waals surface area contributed by atoms with Crippen LogP contribution in [-0.4, -0.2) is 27.8 Å². The number of amides is 2. The number of nitrogens with zero attached hydrogens (tertiary/aromatic N) is 2. The lowest BCUT2D eigenvalue weighted by molar-refractivity contribution is -0.113. The van der Waals surface area contributed by atoms with E-state index in [0.29, 0.717) is 15.0 Å². The molecule has 0 spiro atoms.